The Hall–Kier alpha value is -0.910. The lowest BCUT2D eigenvalue weighted by molar-refractivity contribution is -0.0554. The van der Waals surface area contributed by atoms with Crippen LogP contribution in [0, 0.1) is 0 Å². The van der Waals surface area contributed by atoms with Crippen LogP contribution in [0.15, 0.2) is 41.0 Å². The molecule has 0 spiro atoms. The summed E-state index contributed by atoms with van der Waals surface area (Å²) < 4.78 is 42.1. The molecule has 0 aliphatic carbocycles. The van der Waals surface area contributed by atoms with Crippen molar-refractivity contribution in [3.05, 3.63) is 46.6 Å². The van der Waals surface area contributed by atoms with E-state index < -0.39 is 26.0 Å². The lowest BCUT2D eigenvalue weighted by Crippen LogP contribution is -2.36. The number of hydrogen-bond donors (Lipinski definition) is 1. The SMILES string of the molecule is B/C(=C(/B)P(=O)(O)OC)[C@@H](OC)[C@@H](OC)[C@@H](F)c1ccccc1. The van der Waals surface area contributed by atoms with Gasteiger partial charge >= 0.3 is 7.60 Å². The molecule has 0 fully saturated rings. The second-order valence-corrected chi connectivity index (χ2v) is 7.22. The fourth-order valence-corrected chi connectivity index (χ4v) is 3.19. The van der Waals surface area contributed by atoms with E-state index in [2.05, 4.69) is 4.52 Å². The Labute approximate surface area is 138 Å². The van der Waals surface area contributed by atoms with E-state index in [1.807, 2.05) is 0 Å². The molecule has 23 heavy (non-hydrogen) atoms. The molecule has 0 aromatic heterocycles. The van der Waals surface area contributed by atoms with Gasteiger partial charge in [-0.2, -0.15) is 0 Å². The first-order chi connectivity index (χ1) is 10.8. The van der Waals surface area contributed by atoms with Gasteiger partial charge in [-0.3, -0.25) is 4.57 Å². The summed E-state index contributed by atoms with van der Waals surface area (Å²) >= 11 is 0. The smallest absolute Gasteiger partial charge is 0.344 e. The zero-order valence-electron chi connectivity index (χ0n) is 14.0. The molecule has 0 heterocycles. The summed E-state index contributed by atoms with van der Waals surface area (Å²) in [6, 6.07) is 8.57. The molecule has 4 atom stereocenters. The van der Waals surface area contributed by atoms with Gasteiger partial charge in [0.05, 0.1) is 6.10 Å². The van der Waals surface area contributed by atoms with Gasteiger partial charge in [0.25, 0.3) is 0 Å². The van der Waals surface area contributed by atoms with Crippen molar-refractivity contribution in [2.75, 3.05) is 21.3 Å². The highest BCUT2D eigenvalue weighted by Gasteiger charge is 2.35. The number of ether oxygens (including phenoxy) is 2. The van der Waals surface area contributed by atoms with Gasteiger partial charge in [0.15, 0.2) is 6.17 Å². The summed E-state index contributed by atoms with van der Waals surface area (Å²) in [5, 5.41) is 0.120. The Morgan fingerprint density at radius 3 is 2.17 bits per heavy atom. The molecule has 0 saturated carbocycles. The summed E-state index contributed by atoms with van der Waals surface area (Å²) in [4.78, 5) is 9.80. The summed E-state index contributed by atoms with van der Waals surface area (Å²) in [6.07, 6.45) is -3.24. The van der Waals surface area contributed by atoms with Crippen LogP contribution in [-0.2, 0) is 18.6 Å². The number of methoxy groups -OCH3 is 2. The van der Waals surface area contributed by atoms with Crippen molar-refractivity contribution in [2.45, 2.75) is 18.4 Å². The molecular formula is C14H22B2FO5P. The van der Waals surface area contributed by atoms with Crippen LogP contribution in [0.5, 0.6) is 0 Å². The van der Waals surface area contributed by atoms with Crippen LogP contribution in [-0.4, -0.2) is 54.1 Å². The minimum absolute atomic E-state index is 0.120. The first-order valence-electron chi connectivity index (χ1n) is 7.11. The minimum Gasteiger partial charge on any atom is -0.375 e. The second-order valence-electron chi connectivity index (χ2n) is 5.14. The molecule has 126 valence electrons. The van der Waals surface area contributed by atoms with Gasteiger partial charge in [0, 0.05) is 21.3 Å². The van der Waals surface area contributed by atoms with Gasteiger partial charge in [-0.1, -0.05) is 35.8 Å². The van der Waals surface area contributed by atoms with Crippen molar-refractivity contribution >= 4 is 23.3 Å². The molecule has 0 bridgehead atoms. The number of halogens is 1. The molecule has 0 aliphatic heterocycles. The highest BCUT2D eigenvalue weighted by molar-refractivity contribution is 7.60. The molecule has 1 aromatic rings. The molecule has 0 amide bonds. The van der Waals surface area contributed by atoms with Crippen molar-refractivity contribution in [1.82, 2.24) is 0 Å². The first kappa shape index (κ1) is 20.1. The Morgan fingerprint density at radius 1 is 1.17 bits per heavy atom. The third-order valence-electron chi connectivity index (χ3n) is 3.90. The average Bonchev–Trinajstić information content (AvgIpc) is 2.58. The molecule has 0 radical (unpaired) electrons. The molecule has 1 N–H and O–H groups in total. The fourth-order valence-electron chi connectivity index (χ4n) is 2.35. The second kappa shape index (κ2) is 8.81. The van der Waals surface area contributed by atoms with E-state index >= 15 is 0 Å². The Bertz CT molecular complexity index is 584. The highest BCUT2D eigenvalue weighted by atomic mass is 31.2. The number of rotatable bonds is 8. The number of alkyl halides is 1. The normalized spacial score (nSPS) is 19.3. The van der Waals surface area contributed by atoms with Gasteiger partial charge in [-0.05, 0) is 10.8 Å². The summed E-state index contributed by atoms with van der Waals surface area (Å²) in [5.41, 5.74) is 0.858. The van der Waals surface area contributed by atoms with Crippen LogP contribution < -0.4 is 0 Å². The van der Waals surface area contributed by atoms with E-state index in [0.717, 1.165) is 7.11 Å². The van der Waals surface area contributed by atoms with Crippen LogP contribution in [0.1, 0.15) is 11.7 Å². The van der Waals surface area contributed by atoms with Crippen LogP contribution in [0.3, 0.4) is 0 Å². The van der Waals surface area contributed by atoms with E-state index in [1.165, 1.54) is 22.1 Å². The molecule has 0 aliphatic rings. The summed E-state index contributed by atoms with van der Waals surface area (Å²) in [6.45, 7) is 0. The summed E-state index contributed by atoms with van der Waals surface area (Å²) in [5.74, 6) is 0. The number of hydrogen-bond acceptors (Lipinski definition) is 4. The topological polar surface area (TPSA) is 65.0 Å². The molecule has 1 aromatic carbocycles. The van der Waals surface area contributed by atoms with E-state index in [-0.39, 0.29) is 5.21 Å². The van der Waals surface area contributed by atoms with Gasteiger partial charge in [0.2, 0.25) is 0 Å². The highest BCUT2D eigenvalue weighted by Crippen LogP contribution is 2.50. The maximum absolute atomic E-state index is 14.8. The summed E-state index contributed by atoms with van der Waals surface area (Å²) in [7, 11) is 3.08. The lowest BCUT2D eigenvalue weighted by Gasteiger charge is -2.30. The van der Waals surface area contributed by atoms with Crippen molar-refractivity contribution in [3.63, 3.8) is 0 Å². The van der Waals surface area contributed by atoms with Crippen LogP contribution >= 0.6 is 7.60 Å². The molecule has 5 nitrogen and oxygen atoms in total. The Balaban J connectivity index is 3.20. The third-order valence-corrected chi connectivity index (χ3v) is 5.60. The minimum atomic E-state index is -3.92. The first-order valence-corrected chi connectivity index (χ1v) is 8.69. The maximum Gasteiger partial charge on any atom is 0.344 e. The average molecular weight is 342 g/mol. The fraction of sp³-hybridized carbons (Fsp3) is 0.429. The van der Waals surface area contributed by atoms with Gasteiger partial charge in [-0.25, -0.2) is 4.39 Å². The molecule has 9 heteroatoms. The largest absolute Gasteiger partial charge is 0.375 e. The monoisotopic (exact) mass is 342 g/mol. The molecular weight excluding hydrogens is 320 g/mol. The zero-order chi connectivity index (χ0) is 17.6. The zero-order valence-corrected chi connectivity index (χ0v) is 14.9. The Kier molecular flexibility index (Phi) is 7.71. The number of benzene rings is 1. The standard InChI is InChI=1S/C14H22B2FO5P/c1-20-12(10(15)14(16)23(18,19)22-3)13(21-2)11(17)9-7-5-4-6-8-9/h4-8,11-13H,15-16H2,1-3H3,(H,18,19)/b14-10-/t11-,12+,13-/m0/s1. The molecule has 1 rings (SSSR count). The van der Waals surface area contributed by atoms with Gasteiger partial charge < -0.3 is 18.9 Å². The maximum atomic E-state index is 14.8. The predicted molar refractivity (Wildman–Crippen MR) is 92.8 cm³/mol. The predicted octanol–water partition coefficient (Wildman–Crippen LogP) is 0.994. The van der Waals surface area contributed by atoms with Gasteiger partial charge in [0.1, 0.15) is 21.8 Å². The van der Waals surface area contributed by atoms with E-state index in [1.54, 1.807) is 38.2 Å². The van der Waals surface area contributed by atoms with Crippen LogP contribution in [0.25, 0.3) is 0 Å². The van der Waals surface area contributed by atoms with E-state index in [9.17, 15) is 13.8 Å². The van der Waals surface area contributed by atoms with Crippen molar-refractivity contribution < 1.29 is 27.8 Å². The van der Waals surface area contributed by atoms with E-state index in [0.29, 0.717) is 11.0 Å². The van der Waals surface area contributed by atoms with Crippen molar-refractivity contribution in [2.24, 2.45) is 0 Å². The third kappa shape index (κ3) is 4.78. The van der Waals surface area contributed by atoms with Crippen LogP contribution in [0.4, 0.5) is 4.39 Å². The quantitative estimate of drug-likeness (QED) is 0.564. The molecule has 0 saturated heterocycles. The molecule has 1 unspecified atom stereocenters. The van der Waals surface area contributed by atoms with Crippen molar-refractivity contribution in [1.29, 1.82) is 0 Å². The van der Waals surface area contributed by atoms with Crippen LogP contribution in [0.2, 0.25) is 0 Å². The van der Waals surface area contributed by atoms with E-state index in [4.69, 9.17) is 9.47 Å². The lowest BCUT2D eigenvalue weighted by atomic mass is 9.81. The van der Waals surface area contributed by atoms with Crippen molar-refractivity contribution in [3.8, 4) is 0 Å². The Morgan fingerprint density at radius 2 is 1.74 bits per heavy atom. The van der Waals surface area contributed by atoms with Gasteiger partial charge in [-0.15, -0.1) is 0 Å².